The molecule has 2 aromatic rings. The van der Waals surface area contributed by atoms with Crippen LogP contribution in [0.4, 0.5) is 0 Å². The van der Waals surface area contributed by atoms with Crippen LogP contribution in [0.25, 0.3) is 0 Å². The van der Waals surface area contributed by atoms with Gasteiger partial charge in [-0.25, -0.2) is 0 Å². The molecule has 2 atom stereocenters. The SMILES string of the molecule is C[C@H](c1ccccc1)N1C(=O)CCC1CC(=O)c1ccccc1. The van der Waals surface area contributed by atoms with Crippen LogP contribution in [0.3, 0.4) is 0 Å². The Morgan fingerprint density at radius 3 is 2.35 bits per heavy atom. The maximum absolute atomic E-state index is 12.5. The molecule has 2 aromatic carbocycles. The molecule has 0 aliphatic carbocycles. The Morgan fingerprint density at radius 1 is 1.09 bits per heavy atom. The molecule has 118 valence electrons. The summed E-state index contributed by atoms with van der Waals surface area (Å²) in [4.78, 5) is 26.7. The predicted octanol–water partition coefficient (Wildman–Crippen LogP) is 4.01. The van der Waals surface area contributed by atoms with Crippen LogP contribution in [0, 0.1) is 0 Å². The third-order valence-corrected chi connectivity index (χ3v) is 4.59. The number of amides is 1. The number of ketones is 1. The van der Waals surface area contributed by atoms with E-state index >= 15 is 0 Å². The lowest BCUT2D eigenvalue weighted by Gasteiger charge is -2.31. The smallest absolute Gasteiger partial charge is 0.223 e. The van der Waals surface area contributed by atoms with E-state index in [2.05, 4.69) is 0 Å². The van der Waals surface area contributed by atoms with E-state index in [1.165, 1.54) is 0 Å². The first-order valence-corrected chi connectivity index (χ1v) is 8.11. The summed E-state index contributed by atoms with van der Waals surface area (Å²) in [6.45, 7) is 2.04. The zero-order valence-electron chi connectivity index (χ0n) is 13.3. The number of nitrogens with zero attached hydrogens (tertiary/aromatic N) is 1. The molecule has 1 amide bonds. The minimum atomic E-state index is -0.00888. The van der Waals surface area contributed by atoms with Crippen LogP contribution in [-0.4, -0.2) is 22.6 Å². The highest BCUT2D eigenvalue weighted by Crippen LogP contribution is 2.32. The molecule has 0 bridgehead atoms. The van der Waals surface area contributed by atoms with Crippen LogP contribution in [0.2, 0.25) is 0 Å². The molecule has 1 aliphatic rings. The topological polar surface area (TPSA) is 37.4 Å². The third kappa shape index (κ3) is 3.34. The molecule has 3 nitrogen and oxygen atoms in total. The summed E-state index contributed by atoms with van der Waals surface area (Å²) >= 11 is 0. The van der Waals surface area contributed by atoms with Gasteiger partial charge in [0, 0.05) is 24.4 Å². The molecule has 3 rings (SSSR count). The fourth-order valence-electron chi connectivity index (χ4n) is 3.34. The Morgan fingerprint density at radius 2 is 1.70 bits per heavy atom. The highest BCUT2D eigenvalue weighted by atomic mass is 16.2. The average molecular weight is 307 g/mol. The van der Waals surface area contributed by atoms with E-state index in [9.17, 15) is 9.59 Å². The molecular formula is C20H21NO2. The predicted molar refractivity (Wildman–Crippen MR) is 90.1 cm³/mol. The molecular weight excluding hydrogens is 286 g/mol. The number of likely N-dealkylation sites (tertiary alicyclic amines) is 1. The summed E-state index contributed by atoms with van der Waals surface area (Å²) in [6.07, 6.45) is 1.69. The standard InChI is InChI=1S/C20H21NO2/c1-15(16-8-4-2-5-9-16)21-18(12-13-20(21)23)14-19(22)17-10-6-3-7-11-17/h2-11,15,18H,12-14H2,1H3/t15-,18?/m1/s1. The van der Waals surface area contributed by atoms with Gasteiger partial charge in [-0.3, -0.25) is 9.59 Å². The molecule has 1 unspecified atom stereocenters. The lowest BCUT2D eigenvalue weighted by atomic mass is 10.00. The Bertz CT molecular complexity index is 681. The van der Waals surface area contributed by atoms with Crippen LogP contribution in [0.1, 0.15) is 48.1 Å². The molecule has 1 aliphatic heterocycles. The van der Waals surface area contributed by atoms with Crippen LogP contribution in [0.15, 0.2) is 60.7 Å². The highest BCUT2D eigenvalue weighted by molar-refractivity contribution is 5.97. The molecule has 0 spiro atoms. The maximum atomic E-state index is 12.5. The maximum Gasteiger partial charge on any atom is 0.223 e. The molecule has 0 aromatic heterocycles. The first kappa shape index (κ1) is 15.5. The van der Waals surface area contributed by atoms with Gasteiger partial charge in [0.1, 0.15) is 0 Å². The van der Waals surface area contributed by atoms with Crippen molar-refractivity contribution in [2.24, 2.45) is 0 Å². The number of carbonyl (C=O) groups is 2. The summed E-state index contributed by atoms with van der Waals surface area (Å²) in [5.41, 5.74) is 1.83. The Balaban J connectivity index is 1.76. The zero-order chi connectivity index (χ0) is 16.2. The van der Waals surface area contributed by atoms with Gasteiger partial charge in [-0.05, 0) is 18.9 Å². The van der Waals surface area contributed by atoms with Gasteiger partial charge in [0.15, 0.2) is 5.78 Å². The molecule has 23 heavy (non-hydrogen) atoms. The van der Waals surface area contributed by atoms with Crippen LogP contribution in [0.5, 0.6) is 0 Å². The molecule has 1 saturated heterocycles. The normalized spacial score (nSPS) is 18.9. The Kier molecular flexibility index (Phi) is 4.56. The fourth-order valence-corrected chi connectivity index (χ4v) is 3.34. The van der Waals surface area contributed by atoms with E-state index in [1.54, 1.807) is 0 Å². The van der Waals surface area contributed by atoms with Crippen LogP contribution < -0.4 is 0 Å². The van der Waals surface area contributed by atoms with Gasteiger partial charge in [0.25, 0.3) is 0 Å². The number of rotatable bonds is 5. The van der Waals surface area contributed by atoms with Gasteiger partial charge in [-0.1, -0.05) is 60.7 Å². The summed E-state index contributed by atoms with van der Waals surface area (Å²) in [7, 11) is 0. The van der Waals surface area contributed by atoms with Gasteiger partial charge >= 0.3 is 0 Å². The van der Waals surface area contributed by atoms with Crippen molar-refractivity contribution in [3.05, 3.63) is 71.8 Å². The second kappa shape index (κ2) is 6.78. The van der Waals surface area contributed by atoms with Crippen molar-refractivity contribution in [3.8, 4) is 0 Å². The van der Waals surface area contributed by atoms with E-state index in [0.29, 0.717) is 12.8 Å². The number of benzene rings is 2. The van der Waals surface area contributed by atoms with Gasteiger partial charge < -0.3 is 4.90 Å². The molecule has 3 heteroatoms. The van der Waals surface area contributed by atoms with Crippen molar-refractivity contribution < 1.29 is 9.59 Å². The summed E-state index contributed by atoms with van der Waals surface area (Å²) in [5.74, 6) is 0.253. The van der Waals surface area contributed by atoms with Crippen molar-refractivity contribution in [1.82, 2.24) is 4.90 Å². The first-order chi connectivity index (χ1) is 11.2. The molecule has 1 fully saturated rings. The fraction of sp³-hybridized carbons (Fsp3) is 0.300. The highest BCUT2D eigenvalue weighted by Gasteiger charge is 2.36. The monoisotopic (exact) mass is 307 g/mol. The van der Waals surface area contributed by atoms with Crippen molar-refractivity contribution in [2.45, 2.75) is 38.3 Å². The van der Waals surface area contributed by atoms with Crippen molar-refractivity contribution in [3.63, 3.8) is 0 Å². The zero-order valence-corrected chi connectivity index (χ0v) is 13.3. The minimum absolute atomic E-state index is 0.000210. The second-order valence-corrected chi connectivity index (χ2v) is 6.07. The summed E-state index contributed by atoms with van der Waals surface area (Å²) < 4.78 is 0. The Hall–Kier alpha value is -2.42. The van der Waals surface area contributed by atoms with Gasteiger partial charge in [-0.15, -0.1) is 0 Å². The van der Waals surface area contributed by atoms with Crippen LogP contribution >= 0.6 is 0 Å². The second-order valence-electron chi connectivity index (χ2n) is 6.07. The number of Topliss-reactive ketones (excluding diaryl/α,β-unsaturated/α-hetero) is 1. The third-order valence-electron chi connectivity index (χ3n) is 4.59. The first-order valence-electron chi connectivity index (χ1n) is 8.11. The summed E-state index contributed by atoms with van der Waals surface area (Å²) in [6, 6.07) is 19.3. The summed E-state index contributed by atoms with van der Waals surface area (Å²) in [5, 5.41) is 0. The van der Waals surface area contributed by atoms with Gasteiger partial charge in [-0.2, -0.15) is 0 Å². The van der Waals surface area contributed by atoms with E-state index < -0.39 is 0 Å². The van der Waals surface area contributed by atoms with E-state index in [4.69, 9.17) is 0 Å². The molecule has 0 saturated carbocycles. The lowest BCUT2D eigenvalue weighted by molar-refractivity contribution is -0.131. The Labute approximate surface area is 136 Å². The van der Waals surface area contributed by atoms with E-state index in [-0.39, 0.29) is 23.8 Å². The van der Waals surface area contributed by atoms with Crippen LogP contribution in [-0.2, 0) is 4.79 Å². The average Bonchev–Trinajstić information content (AvgIpc) is 2.96. The largest absolute Gasteiger partial charge is 0.332 e. The lowest BCUT2D eigenvalue weighted by Crippen LogP contribution is -2.36. The van der Waals surface area contributed by atoms with Crippen molar-refractivity contribution in [1.29, 1.82) is 0 Å². The number of hydrogen-bond donors (Lipinski definition) is 0. The van der Waals surface area contributed by atoms with Gasteiger partial charge in [0.05, 0.1) is 6.04 Å². The molecule has 0 radical (unpaired) electrons. The van der Waals surface area contributed by atoms with Crippen molar-refractivity contribution in [2.75, 3.05) is 0 Å². The number of carbonyl (C=O) groups excluding carboxylic acids is 2. The van der Waals surface area contributed by atoms with E-state index in [0.717, 1.165) is 17.5 Å². The van der Waals surface area contributed by atoms with E-state index in [1.807, 2.05) is 72.5 Å². The number of hydrogen-bond acceptors (Lipinski definition) is 2. The molecule has 1 heterocycles. The van der Waals surface area contributed by atoms with Crippen molar-refractivity contribution >= 4 is 11.7 Å². The van der Waals surface area contributed by atoms with Gasteiger partial charge in [0.2, 0.25) is 5.91 Å². The quantitative estimate of drug-likeness (QED) is 0.783. The molecule has 0 N–H and O–H groups in total. The minimum Gasteiger partial charge on any atom is -0.332 e.